The summed E-state index contributed by atoms with van der Waals surface area (Å²) in [5.41, 5.74) is 7.82. The molecular formula is C18H17BrN2O2. The Balaban J connectivity index is 1.67. The first kappa shape index (κ1) is 15.7. The number of amides is 2. The van der Waals surface area contributed by atoms with Crippen LogP contribution in [0.3, 0.4) is 0 Å². The Morgan fingerprint density at radius 2 is 1.74 bits per heavy atom. The molecule has 0 bridgehead atoms. The molecular weight excluding hydrogens is 356 g/mol. The first-order valence-corrected chi connectivity index (χ1v) is 8.38. The van der Waals surface area contributed by atoms with E-state index in [0.717, 1.165) is 24.8 Å². The molecule has 5 heteroatoms. The molecule has 0 saturated heterocycles. The van der Waals surface area contributed by atoms with Gasteiger partial charge in [0.25, 0.3) is 5.91 Å². The van der Waals surface area contributed by atoms with E-state index in [1.807, 2.05) is 24.3 Å². The molecule has 118 valence electrons. The van der Waals surface area contributed by atoms with E-state index in [4.69, 9.17) is 0 Å². The molecule has 0 saturated carbocycles. The number of rotatable bonds is 2. The zero-order valence-corrected chi connectivity index (χ0v) is 14.1. The molecule has 0 aliphatic heterocycles. The summed E-state index contributed by atoms with van der Waals surface area (Å²) in [7, 11) is 0. The van der Waals surface area contributed by atoms with Crippen molar-refractivity contribution < 1.29 is 9.59 Å². The van der Waals surface area contributed by atoms with Gasteiger partial charge >= 0.3 is 0 Å². The number of fused-ring (bicyclic) bond motifs is 1. The van der Waals surface area contributed by atoms with Crippen molar-refractivity contribution in [2.24, 2.45) is 0 Å². The fourth-order valence-corrected chi connectivity index (χ4v) is 3.41. The summed E-state index contributed by atoms with van der Waals surface area (Å²) in [6, 6.07) is 15.1. The Morgan fingerprint density at radius 3 is 2.57 bits per heavy atom. The second-order valence-electron chi connectivity index (χ2n) is 5.57. The third-order valence-corrected chi connectivity index (χ3v) is 4.80. The number of hydrogen-bond acceptors (Lipinski definition) is 2. The lowest BCUT2D eigenvalue weighted by Crippen LogP contribution is -2.44. The molecule has 2 amide bonds. The molecule has 2 aromatic carbocycles. The highest BCUT2D eigenvalue weighted by Gasteiger charge is 2.26. The fraction of sp³-hybridized carbons (Fsp3) is 0.222. The molecule has 0 aromatic heterocycles. The standard InChI is InChI=1S/C18H17BrN2O2/c19-16-11-4-3-9-15(16)18(23)21-20-17(22)14-10-5-7-12-6-1-2-8-13(12)14/h1-4,6,8-9,11,14H,5,7,10H2,(H,20,22)(H,21,23). The van der Waals surface area contributed by atoms with Gasteiger partial charge in [-0.3, -0.25) is 20.4 Å². The highest BCUT2D eigenvalue weighted by molar-refractivity contribution is 9.10. The fourth-order valence-electron chi connectivity index (χ4n) is 2.94. The van der Waals surface area contributed by atoms with Gasteiger partial charge in [0.2, 0.25) is 5.91 Å². The Bertz CT molecular complexity index is 745. The zero-order chi connectivity index (χ0) is 16.2. The summed E-state index contributed by atoms with van der Waals surface area (Å²) < 4.78 is 0.690. The van der Waals surface area contributed by atoms with E-state index >= 15 is 0 Å². The van der Waals surface area contributed by atoms with Gasteiger partial charge in [-0.1, -0.05) is 36.4 Å². The lowest BCUT2D eigenvalue weighted by molar-refractivity contribution is -0.123. The van der Waals surface area contributed by atoms with Crippen LogP contribution in [0, 0.1) is 0 Å². The van der Waals surface area contributed by atoms with Crippen molar-refractivity contribution in [1.29, 1.82) is 0 Å². The monoisotopic (exact) mass is 372 g/mol. The van der Waals surface area contributed by atoms with Crippen molar-refractivity contribution in [3.63, 3.8) is 0 Å². The van der Waals surface area contributed by atoms with Gasteiger partial charge in [0.1, 0.15) is 0 Å². The Labute approximate surface area is 143 Å². The quantitative estimate of drug-likeness (QED) is 0.794. The van der Waals surface area contributed by atoms with Crippen LogP contribution in [0.2, 0.25) is 0 Å². The lowest BCUT2D eigenvalue weighted by atomic mass is 9.82. The summed E-state index contributed by atoms with van der Waals surface area (Å²) in [6.07, 6.45) is 2.78. The topological polar surface area (TPSA) is 58.2 Å². The third kappa shape index (κ3) is 3.45. The van der Waals surface area contributed by atoms with Gasteiger partial charge in [0.15, 0.2) is 0 Å². The Hall–Kier alpha value is -2.14. The Kier molecular flexibility index (Phi) is 4.76. The van der Waals surface area contributed by atoms with Gasteiger partial charge in [-0.2, -0.15) is 0 Å². The van der Waals surface area contributed by atoms with Crippen LogP contribution in [-0.2, 0) is 11.2 Å². The maximum Gasteiger partial charge on any atom is 0.270 e. The minimum Gasteiger partial charge on any atom is -0.273 e. The molecule has 0 radical (unpaired) electrons. The Morgan fingerprint density at radius 1 is 1.00 bits per heavy atom. The number of hydrogen-bond donors (Lipinski definition) is 2. The maximum atomic E-state index is 12.4. The van der Waals surface area contributed by atoms with Crippen LogP contribution >= 0.6 is 15.9 Å². The van der Waals surface area contributed by atoms with E-state index in [2.05, 4.69) is 32.8 Å². The predicted octanol–water partition coefficient (Wildman–Crippen LogP) is 3.33. The van der Waals surface area contributed by atoms with Crippen molar-refractivity contribution in [2.45, 2.75) is 25.2 Å². The first-order chi connectivity index (χ1) is 11.2. The number of hydrazine groups is 1. The second kappa shape index (κ2) is 6.96. The van der Waals surface area contributed by atoms with E-state index in [1.54, 1.807) is 18.2 Å². The van der Waals surface area contributed by atoms with Crippen LogP contribution in [0.25, 0.3) is 0 Å². The number of carbonyl (C=O) groups excluding carboxylic acids is 2. The van der Waals surface area contributed by atoms with E-state index in [1.165, 1.54) is 5.56 Å². The molecule has 2 N–H and O–H groups in total. The predicted molar refractivity (Wildman–Crippen MR) is 91.9 cm³/mol. The van der Waals surface area contributed by atoms with Gasteiger partial charge in [-0.25, -0.2) is 0 Å². The first-order valence-electron chi connectivity index (χ1n) is 7.59. The van der Waals surface area contributed by atoms with Crippen molar-refractivity contribution in [3.8, 4) is 0 Å². The summed E-state index contributed by atoms with van der Waals surface area (Å²) in [6.45, 7) is 0. The summed E-state index contributed by atoms with van der Waals surface area (Å²) >= 11 is 3.33. The summed E-state index contributed by atoms with van der Waals surface area (Å²) in [5.74, 6) is -0.716. The van der Waals surface area contributed by atoms with Crippen LogP contribution < -0.4 is 10.9 Å². The van der Waals surface area contributed by atoms with Gasteiger partial charge in [-0.05, 0) is 58.5 Å². The maximum absolute atomic E-state index is 12.4. The molecule has 0 spiro atoms. The van der Waals surface area contributed by atoms with Gasteiger partial charge in [-0.15, -0.1) is 0 Å². The molecule has 3 rings (SSSR count). The van der Waals surface area contributed by atoms with Gasteiger partial charge < -0.3 is 0 Å². The largest absolute Gasteiger partial charge is 0.273 e. The van der Waals surface area contributed by atoms with Crippen molar-refractivity contribution in [1.82, 2.24) is 10.9 Å². The second-order valence-corrected chi connectivity index (χ2v) is 6.42. The number of benzene rings is 2. The zero-order valence-electron chi connectivity index (χ0n) is 12.5. The molecule has 1 aliphatic carbocycles. The number of halogens is 1. The van der Waals surface area contributed by atoms with Gasteiger partial charge in [0.05, 0.1) is 11.5 Å². The van der Waals surface area contributed by atoms with Crippen molar-refractivity contribution >= 4 is 27.7 Å². The summed E-state index contributed by atoms with van der Waals surface area (Å²) in [5, 5.41) is 0. The van der Waals surface area contributed by atoms with E-state index in [9.17, 15) is 9.59 Å². The van der Waals surface area contributed by atoms with Crippen LogP contribution in [-0.4, -0.2) is 11.8 Å². The molecule has 2 aromatic rings. The minimum atomic E-state index is -0.338. The van der Waals surface area contributed by atoms with Crippen LogP contribution in [0.1, 0.15) is 40.2 Å². The molecule has 0 fully saturated rings. The average Bonchev–Trinajstić information content (AvgIpc) is 2.59. The number of carbonyl (C=O) groups is 2. The van der Waals surface area contributed by atoms with Crippen molar-refractivity contribution in [2.75, 3.05) is 0 Å². The van der Waals surface area contributed by atoms with Gasteiger partial charge in [0, 0.05) is 4.47 Å². The lowest BCUT2D eigenvalue weighted by Gasteiger charge is -2.24. The number of nitrogens with one attached hydrogen (secondary N) is 2. The summed E-state index contributed by atoms with van der Waals surface area (Å²) in [4.78, 5) is 24.6. The SMILES string of the molecule is O=C(NNC(=O)C1CCCc2ccccc21)c1ccccc1Br. The molecule has 0 heterocycles. The van der Waals surface area contributed by atoms with Crippen LogP contribution in [0.15, 0.2) is 53.0 Å². The van der Waals surface area contributed by atoms with Crippen molar-refractivity contribution in [3.05, 3.63) is 69.7 Å². The molecule has 4 nitrogen and oxygen atoms in total. The van der Waals surface area contributed by atoms with Crippen LogP contribution in [0.5, 0.6) is 0 Å². The molecule has 1 atom stereocenters. The van der Waals surface area contributed by atoms with E-state index in [-0.39, 0.29) is 17.7 Å². The smallest absolute Gasteiger partial charge is 0.270 e. The minimum absolute atomic E-state index is 0.169. The number of aryl methyl sites for hydroxylation is 1. The van der Waals surface area contributed by atoms with E-state index < -0.39 is 0 Å². The highest BCUT2D eigenvalue weighted by Crippen LogP contribution is 2.31. The normalized spacial score (nSPS) is 16.3. The molecule has 1 aliphatic rings. The molecule has 1 unspecified atom stereocenters. The molecule has 23 heavy (non-hydrogen) atoms. The average molecular weight is 373 g/mol. The van der Waals surface area contributed by atoms with Crippen LogP contribution in [0.4, 0.5) is 0 Å². The third-order valence-electron chi connectivity index (χ3n) is 4.10. The highest BCUT2D eigenvalue weighted by atomic mass is 79.9. The van der Waals surface area contributed by atoms with E-state index in [0.29, 0.717) is 10.0 Å².